The predicted molar refractivity (Wildman–Crippen MR) is 104 cm³/mol. The molecule has 8 nitrogen and oxygen atoms in total. The highest BCUT2D eigenvalue weighted by Crippen LogP contribution is 2.27. The third kappa shape index (κ3) is 3.56. The molecule has 0 N–H and O–H groups in total. The Morgan fingerprint density at radius 1 is 1.19 bits per heavy atom. The van der Waals surface area contributed by atoms with Gasteiger partial charge in [0.25, 0.3) is 5.56 Å². The van der Waals surface area contributed by atoms with Crippen LogP contribution in [0.5, 0.6) is 0 Å². The summed E-state index contributed by atoms with van der Waals surface area (Å²) in [7, 11) is 1.90. The minimum Gasteiger partial charge on any atom is -0.356 e. The Hall–Kier alpha value is -2.77. The van der Waals surface area contributed by atoms with Crippen LogP contribution in [0.3, 0.4) is 0 Å². The van der Waals surface area contributed by atoms with Gasteiger partial charge in [-0.25, -0.2) is 15.0 Å². The molecule has 142 valence electrons. The second-order valence-corrected chi connectivity index (χ2v) is 7.63. The van der Waals surface area contributed by atoms with Gasteiger partial charge in [-0.3, -0.25) is 14.0 Å². The summed E-state index contributed by atoms with van der Waals surface area (Å²) in [6.45, 7) is 6.66. The molecule has 8 heteroatoms. The summed E-state index contributed by atoms with van der Waals surface area (Å²) < 4.78 is 3.52. The molecule has 4 rings (SSSR count). The number of aromatic nitrogens is 6. The summed E-state index contributed by atoms with van der Waals surface area (Å²) in [4.78, 5) is 27.8. The number of rotatable bonds is 4. The maximum absolute atomic E-state index is 12.3. The molecule has 0 saturated carbocycles. The average Bonchev–Trinajstić information content (AvgIpc) is 3.04. The van der Waals surface area contributed by atoms with Crippen LogP contribution in [0, 0.1) is 5.92 Å². The fourth-order valence-corrected chi connectivity index (χ4v) is 3.69. The van der Waals surface area contributed by atoms with E-state index in [0.29, 0.717) is 5.92 Å². The normalized spacial score (nSPS) is 15.8. The number of anilines is 1. The van der Waals surface area contributed by atoms with Gasteiger partial charge in [0.2, 0.25) is 0 Å². The van der Waals surface area contributed by atoms with Gasteiger partial charge < -0.3 is 4.90 Å². The molecule has 27 heavy (non-hydrogen) atoms. The largest absolute Gasteiger partial charge is 0.356 e. The van der Waals surface area contributed by atoms with E-state index in [4.69, 9.17) is 0 Å². The number of hydrogen-bond donors (Lipinski definition) is 0. The van der Waals surface area contributed by atoms with E-state index in [1.165, 1.54) is 0 Å². The van der Waals surface area contributed by atoms with Crippen molar-refractivity contribution in [3.8, 4) is 0 Å². The summed E-state index contributed by atoms with van der Waals surface area (Å²) in [5.74, 6) is 1.69. The second kappa shape index (κ2) is 7.09. The third-order valence-electron chi connectivity index (χ3n) is 5.27. The molecule has 0 atom stereocenters. The molecule has 1 saturated heterocycles. The first-order valence-electron chi connectivity index (χ1n) is 9.47. The molecular formula is C19H25N7O. The standard InChI is InChI=1S/C19H25N7O/c1-13(2)16-8-17(27)26(12-22-16)9-14-4-6-25(7-5-14)19-15-10-24(3)23-18(15)20-11-21-19/h8,10-14H,4-7,9H2,1-3H3. The number of nitrogens with zero attached hydrogens (tertiary/aromatic N) is 7. The minimum absolute atomic E-state index is 0.0454. The zero-order chi connectivity index (χ0) is 19.0. The fraction of sp³-hybridized carbons (Fsp3) is 0.526. The Bertz CT molecular complexity index is 999. The minimum atomic E-state index is 0.0454. The topological polar surface area (TPSA) is 81.7 Å². The Labute approximate surface area is 157 Å². The summed E-state index contributed by atoms with van der Waals surface area (Å²) in [5, 5.41) is 5.35. The van der Waals surface area contributed by atoms with Crippen molar-refractivity contribution in [3.63, 3.8) is 0 Å². The highest BCUT2D eigenvalue weighted by atomic mass is 16.1. The first kappa shape index (κ1) is 17.6. The molecule has 0 bridgehead atoms. The molecule has 3 aromatic rings. The molecule has 1 aliphatic rings. The number of aryl methyl sites for hydroxylation is 1. The molecule has 3 aromatic heterocycles. The fourth-order valence-electron chi connectivity index (χ4n) is 3.69. The van der Waals surface area contributed by atoms with Crippen LogP contribution in [0.4, 0.5) is 5.82 Å². The first-order valence-corrected chi connectivity index (χ1v) is 9.47. The van der Waals surface area contributed by atoms with E-state index < -0.39 is 0 Å². The van der Waals surface area contributed by atoms with E-state index in [1.54, 1.807) is 28.0 Å². The smallest absolute Gasteiger partial charge is 0.253 e. The highest BCUT2D eigenvalue weighted by molar-refractivity contribution is 5.86. The maximum atomic E-state index is 12.3. The zero-order valence-electron chi connectivity index (χ0n) is 16.0. The lowest BCUT2D eigenvalue weighted by atomic mass is 9.96. The summed E-state index contributed by atoms with van der Waals surface area (Å²) >= 11 is 0. The van der Waals surface area contributed by atoms with E-state index in [2.05, 4.69) is 25.0 Å². The van der Waals surface area contributed by atoms with Crippen molar-refractivity contribution in [2.75, 3.05) is 18.0 Å². The highest BCUT2D eigenvalue weighted by Gasteiger charge is 2.23. The Kier molecular flexibility index (Phi) is 4.63. The van der Waals surface area contributed by atoms with Crippen LogP contribution in [-0.4, -0.2) is 42.4 Å². The molecule has 0 radical (unpaired) electrons. The van der Waals surface area contributed by atoms with Crippen molar-refractivity contribution in [3.05, 3.63) is 41.0 Å². The van der Waals surface area contributed by atoms with Gasteiger partial charge in [-0.2, -0.15) is 5.10 Å². The summed E-state index contributed by atoms with van der Waals surface area (Å²) in [5.41, 5.74) is 1.63. The van der Waals surface area contributed by atoms with Gasteiger partial charge in [-0.05, 0) is 24.7 Å². The number of hydrogen-bond acceptors (Lipinski definition) is 6. The summed E-state index contributed by atoms with van der Waals surface area (Å²) in [6.07, 6.45) is 7.29. The van der Waals surface area contributed by atoms with Gasteiger partial charge in [0.1, 0.15) is 12.1 Å². The van der Waals surface area contributed by atoms with Gasteiger partial charge in [0, 0.05) is 38.9 Å². The molecular weight excluding hydrogens is 342 g/mol. The maximum Gasteiger partial charge on any atom is 0.253 e. The second-order valence-electron chi connectivity index (χ2n) is 7.63. The van der Waals surface area contributed by atoms with E-state index >= 15 is 0 Å². The van der Waals surface area contributed by atoms with Crippen molar-refractivity contribution in [1.29, 1.82) is 0 Å². The lowest BCUT2D eigenvalue weighted by molar-refractivity contribution is 0.350. The molecule has 0 amide bonds. The van der Waals surface area contributed by atoms with Crippen LogP contribution in [0.1, 0.15) is 38.3 Å². The van der Waals surface area contributed by atoms with Crippen molar-refractivity contribution in [2.24, 2.45) is 13.0 Å². The zero-order valence-corrected chi connectivity index (χ0v) is 16.0. The van der Waals surface area contributed by atoms with Crippen LogP contribution >= 0.6 is 0 Å². The van der Waals surface area contributed by atoms with Gasteiger partial charge >= 0.3 is 0 Å². The molecule has 0 unspecified atom stereocenters. The molecule has 1 fully saturated rings. The van der Waals surface area contributed by atoms with E-state index in [0.717, 1.165) is 55.0 Å². The Morgan fingerprint density at radius 2 is 1.96 bits per heavy atom. The number of piperidine rings is 1. The Balaban J connectivity index is 1.44. The van der Waals surface area contributed by atoms with Gasteiger partial charge in [-0.15, -0.1) is 0 Å². The summed E-state index contributed by atoms with van der Waals surface area (Å²) in [6, 6.07) is 1.67. The molecule has 1 aliphatic heterocycles. The van der Waals surface area contributed by atoms with E-state index in [1.807, 2.05) is 27.1 Å². The Morgan fingerprint density at radius 3 is 2.67 bits per heavy atom. The third-order valence-corrected chi connectivity index (χ3v) is 5.27. The van der Waals surface area contributed by atoms with Gasteiger partial charge in [-0.1, -0.05) is 13.8 Å². The lowest BCUT2D eigenvalue weighted by Gasteiger charge is -2.33. The van der Waals surface area contributed by atoms with Gasteiger partial charge in [0.15, 0.2) is 5.65 Å². The molecule has 4 heterocycles. The molecule has 0 spiro atoms. The monoisotopic (exact) mass is 367 g/mol. The molecule has 0 aliphatic carbocycles. The average molecular weight is 367 g/mol. The first-order chi connectivity index (χ1) is 13.0. The predicted octanol–water partition coefficient (Wildman–Crippen LogP) is 1.96. The van der Waals surface area contributed by atoms with Crippen LogP contribution < -0.4 is 10.5 Å². The van der Waals surface area contributed by atoms with Crippen molar-refractivity contribution in [2.45, 2.75) is 39.2 Å². The van der Waals surface area contributed by atoms with Gasteiger partial charge in [0.05, 0.1) is 17.4 Å². The van der Waals surface area contributed by atoms with Crippen LogP contribution in [0.2, 0.25) is 0 Å². The van der Waals surface area contributed by atoms with Crippen molar-refractivity contribution >= 4 is 16.9 Å². The lowest BCUT2D eigenvalue weighted by Crippen LogP contribution is -2.37. The quantitative estimate of drug-likeness (QED) is 0.701. The number of fused-ring (bicyclic) bond motifs is 1. The van der Waals surface area contributed by atoms with Crippen LogP contribution in [-0.2, 0) is 13.6 Å². The SMILES string of the molecule is CC(C)c1cc(=O)n(CC2CCN(c3ncnc4nn(C)cc34)CC2)cn1. The van der Waals surface area contributed by atoms with Crippen LogP contribution in [0.15, 0.2) is 29.7 Å². The van der Waals surface area contributed by atoms with Crippen molar-refractivity contribution < 1.29 is 0 Å². The van der Waals surface area contributed by atoms with Crippen LogP contribution in [0.25, 0.3) is 11.0 Å². The molecule has 0 aromatic carbocycles. The van der Waals surface area contributed by atoms with E-state index in [-0.39, 0.29) is 11.5 Å². The van der Waals surface area contributed by atoms with E-state index in [9.17, 15) is 4.79 Å². The van der Waals surface area contributed by atoms with Crippen molar-refractivity contribution in [1.82, 2.24) is 29.3 Å².